The summed E-state index contributed by atoms with van der Waals surface area (Å²) in [5.41, 5.74) is 2.62. The molecule has 1 fully saturated rings. The van der Waals surface area contributed by atoms with Crippen LogP contribution in [0.3, 0.4) is 0 Å². The highest BCUT2D eigenvalue weighted by atomic mass is 16.2. The van der Waals surface area contributed by atoms with E-state index in [1.807, 2.05) is 0 Å². The third-order valence-electron chi connectivity index (χ3n) is 1.31. The Morgan fingerprint density at radius 3 is 2.73 bits per heavy atom. The van der Waals surface area contributed by atoms with E-state index in [2.05, 4.69) is 22.6 Å². The monoisotopic (exact) mass is 156 g/mol. The predicted octanol–water partition coefficient (Wildman–Crippen LogP) is -1.43. The minimum atomic E-state index is -0.185. The lowest BCUT2D eigenvalue weighted by atomic mass is 10.6. The third-order valence-corrected chi connectivity index (χ3v) is 1.31. The van der Waals surface area contributed by atoms with Crippen molar-refractivity contribution in [3.05, 3.63) is 12.7 Å². The van der Waals surface area contributed by atoms with Crippen molar-refractivity contribution < 1.29 is 4.79 Å². The van der Waals surface area contributed by atoms with Gasteiger partial charge in [0.2, 0.25) is 0 Å². The van der Waals surface area contributed by atoms with Gasteiger partial charge in [-0.15, -0.1) is 0 Å². The number of hydrogen-bond acceptors (Lipinski definition) is 4. The fourth-order valence-corrected chi connectivity index (χ4v) is 0.807. The van der Waals surface area contributed by atoms with Gasteiger partial charge < -0.3 is 0 Å². The third kappa shape index (κ3) is 2.67. The van der Waals surface area contributed by atoms with Crippen LogP contribution in [0, 0.1) is 0 Å². The molecular formula is C6H12N4O. The summed E-state index contributed by atoms with van der Waals surface area (Å²) in [7, 11) is 0. The molecule has 0 saturated carbocycles. The summed E-state index contributed by atoms with van der Waals surface area (Å²) >= 11 is 0. The number of nitrogens with one attached hydrogen (secondary N) is 3. The van der Waals surface area contributed by atoms with Gasteiger partial charge in [-0.25, -0.2) is 0 Å². The molecule has 11 heavy (non-hydrogen) atoms. The topological polar surface area (TPSA) is 56.4 Å². The first-order valence-electron chi connectivity index (χ1n) is 3.42. The van der Waals surface area contributed by atoms with Gasteiger partial charge in [-0.3, -0.25) is 20.9 Å². The maximum Gasteiger partial charge on any atom is 0.257 e. The lowest BCUT2D eigenvalue weighted by Gasteiger charge is -2.27. The van der Waals surface area contributed by atoms with Gasteiger partial charge in [0, 0.05) is 6.67 Å². The molecule has 1 aliphatic heterocycles. The summed E-state index contributed by atoms with van der Waals surface area (Å²) < 4.78 is 0. The highest BCUT2D eigenvalue weighted by Gasteiger charge is 2.08. The van der Waals surface area contributed by atoms with Crippen molar-refractivity contribution in [2.45, 2.75) is 0 Å². The first kappa shape index (κ1) is 8.19. The van der Waals surface area contributed by atoms with Crippen molar-refractivity contribution in [1.82, 2.24) is 21.1 Å². The van der Waals surface area contributed by atoms with Crippen LogP contribution in [0.25, 0.3) is 0 Å². The second-order valence-corrected chi connectivity index (χ2v) is 2.21. The average Bonchev–Trinajstić information content (AvgIpc) is 2.06. The zero-order valence-corrected chi connectivity index (χ0v) is 6.26. The van der Waals surface area contributed by atoms with Crippen LogP contribution >= 0.6 is 0 Å². The fourth-order valence-electron chi connectivity index (χ4n) is 0.807. The van der Waals surface area contributed by atoms with E-state index in [1.54, 1.807) is 5.01 Å². The molecular weight excluding hydrogens is 144 g/mol. The maximum atomic E-state index is 10.8. The molecule has 62 valence electrons. The van der Waals surface area contributed by atoms with E-state index in [9.17, 15) is 4.79 Å². The van der Waals surface area contributed by atoms with E-state index in [1.165, 1.54) is 6.08 Å². The Morgan fingerprint density at radius 2 is 2.18 bits per heavy atom. The second kappa shape index (κ2) is 4.07. The standard InChI is InChI=1S/C6H12N4O/c1-2-6(11)9-10-4-7-3-8-5-10/h2,7-8H,1,3-5H2,(H,9,11). The molecule has 0 aromatic carbocycles. The Bertz CT molecular complexity index is 153. The van der Waals surface area contributed by atoms with E-state index in [0.717, 1.165) is 6.67 Å². The lowest BCUT2D eigenvalue weighted by molar-refractivity contribution is -0.121. The van der Waals surface area contributed by atoms with Crippen LogP contribution in [0.1, 0.15) is 0 Å². The van der Waals surface area contributed by atoms with Crippen molar-refractivity contribution >= 4 is 5.91 Å². The van der Waals surface area contributed by atoms with Gasteiger partial charge in [-0.2, -0.15) is 5.01 Å². The largest absolute Gasteiger partial charge is 0.290 e. The number of carbonyl (C=O) groups excluding carboxylic acids is 1. The van der Waals surface area contributed by atoms with E-state index < -0.39 is 0 Å². The molecule has 0 aromatic heterocycles. The van der Waals surface area contributed by atoms with E-state index in [4.69, 9.17) is 0 Å². The Balaban J connectivity index is 2.24. The molecule has 0 aromatic rings. The molecule has 5 heteroatoms. The van der Waals surface area contributed by atoms with Crippen LogP contribution in [-0.2, 0) is 4.79 Å². The van der Waals surface area contributed by atoms with E-state index >= 15 is 0 Å². The molecule has 5 nitrogen and oxygen atoms in total. The molecule has 0 spiro atoms. The van der Waals surface area contributed by atoms with Crippen molar-refractivity contribution in [1.29, 1.82) is 0 Å². The lowest BCUT2D eigenvalue weighted by Crippen LogP contribution is -2.57. The molecule has 3 N–H and O–H groups in total. The van der Waals surface area contributed by atoms with Gasteiger partial charge in [-0.1, -0.05) is 6.58 Å². The van der Waals surface area contributed by atoms with E-state index in [-0.39, 0.29) is 5.91 Å². The smallest absolute Gasteiger partial charge is 0.257 e. The Morgan fingerprint density at radius 1 is 1.55 bits per heavy atom. The highest BCUT2D eigenvalue weighted by Crippen LogP contribution is 1.81. The summed E-state index contributed by atoms with van der Waals surface area (Å²) in [6.07, 6.45) is 1.24. The van der Waals surface area contributed by atoms with Crippen LogP contribution in [0.2, 0.25) is 0 Å². The van der Waals surface area contributed by atoms with Crippen LogP contribution in [0.15, 0.2) is 12.7 Å². The summed E-state index contributed by atoms with van der Waals surface area (Å²) in [6.45, 7) is 5.44. The van der Waals surface area contributed by atoms with Crippen LogP contribution in [-0.4, -0.2) is 30.9 Å². The second-order valence-electron chi connectivity index (χ2n) is 2.21. The molecule has 1 heterocycles. The summed E-state index contributed by atoms with van der Waals surface area (Å²) in [5, 5.41) is 7.79. The van der Waals surface area contributed by atoms with Gasteiger partial charge in [-0.05, 0) is 6.08 Å². The molecule has 0 bridgehead atoms. The molecule has 1 saturated heterocycles. The zero-order chi connectivity index (χ0) is 8.10. The number of hydrazine groups is 1. The molecule has 0 radical (unpaired) electrons. The Hall–Kier alpha value is -0.910. The molecule has 1 aliphatic rings. The van der Waals surface area contributed by atoms with Gasteiger partial charge in [0.15, 0.2) is 0 Å². The van der Waals surface area contributed by atoms with Crippen LogP contribution < -0.4 is 16.1 Å². The van der Waals surface area contributed by atoms with Crippen molar-refractivity contribution in [2.24, 2.45) is 0 Å². The summed E-state index contributed by atoms with van der Waals surface area (Å²) in [5.74, 6) is -0.185. The number of hydrogen-bond donors (Lipinski definition) is 3. The zero-order valence-electron chi connectivity index (χ0n) is 6.26. The van der Waals surface area contributed by atoms with Crippen molar-refractivity contribution in [2.75, 3.05) is 20.0 Å². The normalized spacial score (nSPS) is 19.3. The van der Waals surface area contributed by atoms with Crippen molar-refractivity contribution in [3.8, 4) is 0 Å². The van der Waals surface area contributed by atoms with Gasteiger partial charge in [0.1, 0.15) is 0 Å². The summed E-state index contributed by atoms with van der Waals surface area (Å²) in [4.78, 5) is 10.8. The average molecular weight is 156 g/mol. The first-order chi connectivity index (χ1) is 5.33. The highest BCUT2D eigenvalue weighted by molar-refractivity contribution is 5.86. The fraction of sp³-hybridized carbons (Fsp3) is 0.500. The molecule has 0 atom stereocenters. The quantitative estimate of drug-likeness (QED) is 0.429. The van der Waals surface area contributed by atoms with Gasteiger partial charge in [0.25, 0.3) is 5.91 Å². The molecule has 0 aliphatic carbocycles. The van der Waals surface area contributed by atoms with Crippen LogP contribution in [0.4, 0.5) is 0 Å². The number of nitrogens with zero attached hydrogens (tertiary/aromatic N) is 1. The minimum absolute atomic E-state index is 0.185. The molecule has 1 amide bonds. The first-order valence-corrected chi connectivity index (χ1v) is 3.42. The van der Waals surface area contributed by atoms with Gasteiger partial charge >= 0.3 is 0 Å². The van der Waals surface area contributed by atoms with Gasteiger partial charge in [0.05, 0.1) is 13.3 Å². The Kier molecular flexibility index (Phi) is 3.03. The predicted molar refractivity (Wildman–Crippen MR) is 41.1 cm³/mol. The SMILES string of the molecule is C=CC(=O)NN1CNCNC1. The summed E-state index contributed by atoms with van der Waals surface area (Å²) in [6, 6.07) is 0. The number of carbonyl (C=O) groups is 1. The van der Waals surface area contributed by atoms with Crippen LogP contribution in [0.5, 0.6) is 0 Å². The minimum Gasteiger partial charge on any atom is -0.290 e. The van der Waals surface area contributed by atoms with Crippen molar-refractivity contribution in [3.63, 3.8) is 0 Å². The molecule has 1 rings (SSSR count). The maximum absolute atomic E-state index is 10.8. The number of rotatable bonds is 2. The Labute approximate surface area is 65.4 Å². The number of amides is 1. The molecule has 0 unspecified atom stereocenters. The van der Waals surface area contributed by atoms with E-state index in [0.29, 0.717) is 13.3 Å².